The number of rotatable bonds is 5. The molecule has 4 rings (SSSR count). The van der Waals surface area contributed by atoms with E-state index in [2.05, 4.69) is 4.72 Å². The zero-order chi connectivity index (χ0) is 21.3. The molecule has 2 aliphatic heterocycles. The second kappa shape index (κ2) is 8.43. The molecule has 30 heavy (non-hydrogen) atoms. The highest BCUT2D eigenvalue weighted by atomic mass is 32.2. The number of benzene rings is 1. The molecule has 1 N–H and O–H groups in total. The minimum absolute atomic E-state index is 0.0197. The molecule has 2 heterocycles. The lowest BCUT2D eigenvalue weighted by molar-refractivity contribution is -0.140. The molecule has 3 aliphatic rings. The summed E-state index contributed by atoms with van der Waals surface area (Å²) in [6.45, 7) is 4.30. The molecule has 1 saturated heterocycles. The fourth-order valence-corrected chi connectivity index (χ4v) is 4.88. The summed E-state index contributed by atoms with van der Waals surface area (Å²) in [5.41, 5.74) is 0. The number of amides is 2. The Kier molecular flexibility index (Phi) is 5.88. The molecule has 1 aliphatic carbocycles. The molecule has 1 saturated carbocycles. The number of carbonyl (C=O) groups is 2. The van der Waals surface area contributed by atoms with Crippen LogP contribution >= 0.6 is 0 Å². The van der Waals surface area contributed by atoms with Crippen molar-refractivity contribution < 1.29 is 27.5 Å². The quantitative estimate of drug-likeness (QED) is 0.723. The van der Waals surface area contributed by atoms with Gasteiger partial charge in [0.1, 0.15) is 0 Å². The van der Waals surface area contributed by atoms with Crippen LogP contribution < -0.4 is 14.2 Å². The highest BCUT2D eigenvalue weighted by Crippen LogP contribution is 2.32. The maximum Gasteiger partial charge on any atom is 0.241 e. The van der Waals surface area contributed by atoms with E-state index < -0.39 is 16.1 Å². The molecule has 0 aromatic heterocycles. The first-order chi connectivity index (χ1) is 14.3. The van der Waals surface area contributed by atoms with E-state index >= 15 is 0 Å². The average Bonchev–Trinajstić information content (AvgIpc) is 3.59. The van der Waals surface area contributed by atoms with Crippen LogP contribution in [0.25, 0.3) is 0 Å². The van der Waals surface area contributed by atoms with Crippen LogP contribution in [0, 0.1) is 5.92 Å². The van der Waals surface area contributed by atoms with Crippen molar-refractivity contribution in [3.05, 3.63) is 18.2 Å². The first kappa shape index (κ1) is 20.9. The van der Waals surface area contributed by atoms with Crippen LogP contribution in [-0.4, -0.2) is 75.5 Å². The van der Waals surface area contributed by atoms with E-state index in [0.717, 1.165) is 19.3 Å². The van der Waals surface area contributed by atoms with Gasteiger partial charge in [-0.3, -0.25) is 9.59 Å². The summed E-state index contributed by atoms with van der Waals surface area (Å²) >= 11 is 0. The first-order valence-corrected chi connectivity index (χ1v) is 11.8. The van der Waals surface area contributed by atoms with Gasteiger partial charge in [-0.05, 0) is 31.9 Å². The Morgan fingerprint density at radius 3 is 2.33 bits per heavy atom. The van der Waals surface area contributed by atoms with E-state index in [1.165, 1.54) is 19.1 Å². The van der Waals surface area contributed by atoms with Gasteiger partial charge < -0.3 is 19.3 Å². The van der Waals surface area contributed by atoms with Gasteiger partial charge in [-0.1, -0.05) is 0 Å². The number of fused-ring (bicyclic) bond motifs is 1. The standard InChI is InChI=1S/C20H27N3O6S/c1-14(19(24)22-7-9-23(10-8-22)20(25)15-3-4-15)21-30(26,27)16-5-6-17-18(13-16)29-12-2-11-28-17/h5-6,13-15,21H,2-4,7-12H2,1H3. The summed E-state index contributed by atoms with van der Waals surface area (Å²) in [6.07, 6.45) is 2.63. The van der Waals surface area contributed by atoms with E-state index in [4.69, 9.17) is 9.47 Å². The number of carbonyl (C=O) groups excluding carboxylic acids is 2. The Balaban J connectivity index is 1.36. The molecule has 9 nitrogen and oxygen atoms in total. The second-order valence-electron chi connectivity index (χ2n) is 7.93. The van der Waals surface area contributed by atoms with E-state index in [1.807, 2.05) is 0 Å². The van der Waals surface area contributed by atoms with E-state index in [0.29, 0.717) is 50.9 Å². The van der Waals surface area contributed by atoms with Crippen molar-refractivity contribution in [2.75, 3.05) is 39.4 Å². The maximum absolute atomic E-state index is 12.8. The third kappa shape index (κ3) is 4.54. The normalized spacial score (nSPS) is 20.4. The molecule has 2 amide bonds. The zero-order valence-electron chi connectivity index (χ0n) is 17.0. The number of hydrogen-bond acceptors (Lipinski definition) is 6. The van der Waals surface area contributed by atoms with Crippen LogP contribution in [0.2, 0.25) is 0 Å². The summed E-state index contributed by atoms with van der Waals surface area (Å²) in [4.78, 5) is 28.3. The van der Waals surface area contributed by atoms with Gasteiger partial charge in [0.15, 0.2) is 11.5 Å². The third-order valence-electron chi connectivity index (χ3n) is 5.56. The van der Waals surface area contributed by atoms with Gasteiger partial charge in [-0.2, -0.15) is 4.72 Å². The van der Waals surface area contributed by atoms with Gasteiger partial charge in [0, 0.05) is 44.6 Å². The lowest BCUT2D eigenvalue weighted by Gasteiger charge is -2.36. The third-order valence-corrected chi connectivity index (χ3v) is 7.10. The smallest absolute Gasteiger partial charge is 0.241 e. The number of hydrogen-bond donors (Lipinski definition) is 1. The molecule has 1 unspecified atom stereocenters. The van der Waals surface area contributed by atoms with E-state index in [1.54, 1.807) is 15.9 Å². The van der Waals surface area contributed by atoms with Crippen LogP contribution in [0.3, 0.4) is 0 Å². The fraction of sp³-hybridized carbons (Fsp3) is 0.600. The fourth-order valence-electron chi connectivity index (χ4n) is 3.67. The minimum atomic E-state index is -3.91. The van der Waals surface area contributed by atoms with Crippen molar-refractivity contribution in [3.8, 4) is 11.5 Å². The first-order valence-electron chi connectivity index (χ1n) is 10.3. The Bertz CT molecular complexity index is 922. The number of nitrogens with one attached hydrogen (secondary N) is 1. The Morgan fingerprint density at radius 1 is 1.03 bits per heavy atom. The highest BCUT2D eigenvalue weighted by Gasteiger charge is 2.36. The zero-order valence-corrected chi connectivity index (χ0v) is 17.8. The summed E-state index contributed by atoms with van der Waals surface area (Å²) in [5, 5.41) is 0. The predicted molar refractivity (Wildman–Crippen MR) is 108 cm³/mol. The van der Waals surface area contributed by atoms with Crippen LogP contribution in [0.15, 0.2) is 23.1 Å². The van der Waals surface area contributed by atoms with Crippen molar-refractivity contribution in [1.82, 2.24) is 14.5 Å². The van der Waals surface area contributed by atoms with Gasteiger partial charge in [0.25, 0.3) is 0 Å². The molecule has 10 heteroatoms. The summed E-state index contributed by atoms with van der Waals surface area (Å²) in [7, 11) is -3.91. The van der Waals surface area contributed by atoms with Crippen LogP contribution in [-0.2, 0) is 19.6 Å². The summed E-state index contributed by atoms with van der Waals surface area (Å²) < 4.78 is 39.1. The Labute approximate surface area is 176 Å². The largest absolute Gasteiger partial charge is 0.490 e. The lowest BCUT2D eigenvalue weighted by atomic mass is 10.2. The van der Waals surface area contributed by atoms with Crippen molar-refractivity contribution in [1.29, 1.82) is 0 Å². The van der Waals surface area contributed by atoms with Gasteiger partial charge in [0.2, 0.25) is 21.8 Å². The van der Waals surface area contributed by atoms with Crippen LogP contribution in [0.1, 0.15) is 26.2 Å². The molecule has 164 valence electrons. The maximum atomic E-state index is 12.8. The topological polar surface area (TPSA) is 105 Å². The second-order valence-corrected chi connectivity index (χ2v) is 9.64. The lowest BCUT2D eigenvalue weighted by Crippen LogP contribution is -2.55. The number of ether oxygens (including phenoxy) is 2. The molecule has 2 fully saturated rings. The van der Waals surface area contributed by atoms with Crippen LogP contribution in [0.5, 0.6) is 11.5 Å². The predicted octanol–water partition coefficient (Wildman–Crippen LogP) is 0.595. The van der Waals surface area contributed by atoms with Crippen molar-refractivity contribution in [2.24, 2.45) is 5.92 Å². The van der Waals surface area contributed by atoms with E-state index in [-0.39, 0.29) is 22.6 Å². The van der Waals surface area contributed by atoms with Gasteiger partial charge in [0.05, 0.1) is 24.2 Å². The van der Waals surface area contributed by atoms with Crippen molar-refractivity contribution >= 4 is 21.8 Å². The monoisotopic (exact) mass is 437 g/mol. The molecule has 0 radical (unpaired) electrons. The summed E-state index contributed by atoms with van der Waals surface area (Å²) in [5.74, 6) is 0.921. The number of piperazine rings is 1. The van der Waals surface area contributed by atoms with E-state index in [9.17, 15) is 18.0 Å². The number of sulfonamides is 1. The van der Waals surface area contributed by atoms with Gasteiger partial charge in [-0.25, -0.2) is 8.42 Å². The molecule has 1 aromatic rings. The van der Waals surface area contributed by atoms with Gasteiger partial charge in [-0.15, -0.1) is 0 Å². The highest BCUT2D eigenvalue weighted by molar-refractivity contribution is 7.89. The van der Waals surface area contributed by atoms with Crippen molar-refractivity contribution in [2.45, 2.75) is 37.1 Å². The molecule has 0 spiro atoms. The number of nitrogens with zero attached hydrogens (tertiary/aromatic N) is 2. The minimum Gasteiger partial charge on any atom is -0.490 e. The summed E-state index contributed by atoms with van der Waals surface area (Å²) in [6, 6.07) is 3.51. The molecule has 1 aromatic carbocycles. The molecule has 0 bridgehead atoms. The van der Waals surface area contributed by atoms with Crippen molar-refractivity contribution in [3.63, 3.8) is 0 Å². The van der Waals surface area contributed by atoms with Crippen LogP contribution in [0.4, 0.5) is 0 Å². The molecule has 1 atom stereocenters. The average molecular weight is 438 g/mol. The molecular formula is C20H27N3O6S. The Morgan fingerprint density at radius 2 is 1.67 bits per heavy atom. The molecular weight excluding hydrogens is 410 g/mol. The SMILES string of the molecule is CC(NS(=O)(=O)c1ccc2c(c1)OCCCO2)C(=O)N1CCN(C(=O)C2CC2)CC1. The Hall–Kier alpha value is -2.33. The van der Waals surface area contributed by atoms with Gasteiger partial charge >= 0.3 is 0 Å².